The molecule has 27 heavy (non-hydrogen) atoms. The first-order valence-electron chi connectivity index (χ1n) is 7.61. The maximum atomic E-state index is 13.5. The molecule has 0 aliphatic carbocycles. The van der Waals surface area contributed by atoms with Crippen molar-refractivity contribution in [1.29, 1.82) is 0 Å². The lowest BCUT2D eigenvalue weighted by atomic mass is 10.0. The number of nitrogen functional groups attached to an aromatic ring is 1. The van der Waals surface area contributed by atoms with Crippen molar-refractivity contribution >= 4 is 33.8 Å². The summed E-state index contributed by atoms with van der Waals surface area (Å²) in [5.74, 6) is 0. The topological polar surface area (TPSA) is 78.7 Å². The number of nitrogens with zero attached hydrogens (tertiary/aromatic N) is 4. The predicted molar refractivity (Wildman–Crippen MR) is 99.1 cm³/mol. The second kappa shape index (κ2) is 7.03. The van der Waals surface area contributed by atoms with Gasteiger partial charge in [0.25, 0.3) is 0 Å². The summed E-state index contributed by atoms with van der Waals surface area (Å²) >= 11 is 3.32. The number of nitrogens with two attached hydrogens (primary N) is 1. The molecule has 1 aromatic heterocycles. The Bertz CT molecular complexity index is 1080. The van der Waals surface area contributed by atoms with Gasteiger partial charge in [0.2, 0.25) is 0 Å². The third kappa shape index (κ3) is 3.80. The van der Waals surface area contributed by atoms with Crippen LogP contribution in [0.15, 0.2) is 45.7 Å². The molecule has 2 N–H and O–H groups in total. The van der Waals surface area contributed by atoms with E-state index in [4.69, 9.17) is 5.73 Å². The maximum absolute atomic E-state index is 13.5. The lowest BCUT2D eigenvalue weighted by Crippen LogP contribution is -2.23. The van der Waals surface area contributed by atoms with Crippen LogP contribution in [0, 0.1) is 0 Å². The van der Waals surface area contributed by atoms with Gasteiger partial charge in [-0.1, -0.05) is 40.2 Å². The summed E-state index contributed by atoms with van der Waals surface area (Å²) in [5, 5.41) is 7.20. The van der Waals surface area contributed by atoms with E-state index in [0.717, 1.165) is 15.4 Å². The minimum absolute atomic E-state index is 0.0225. The predicted octanol–water partition coefficient (Wildman–Crippen LogP) is 3.50. The average Bonchev–Trinajstić information content (AvgIpc) is 2.92. The number of benzene rings is 2. The van der Waals surface area contributed by atoms with E-state index in [2.05, 4.69) is 26.4 Å². The number of hydrogen-bond acceptors (Lipinski definition) is 4. The van der Waals surface area contributed by atoms with E-state index in [0.29, 0.717) is 15.7 Å². The van der Waals surface area contributed by atoms with Crippen molar-refractivity contribution in [2.45, 2.75) is 6.18 Å². The second-order valence-corrected chi connectivity index (χ2v) is 6.50. The van der Waals surface area contributed by atoms with Gasteiger partial charge in [-0.15, -0.1) is 0 Å². The Labute approximate surface area is 159 Å². The van der Waals surface area contributed by atoms with Gasteiger partial charge < -0.3 is 5.73 Å². The van der Waals surface area contributed by atoms with Crippen LogP contribution >= 0.6 is 15.9 Å². The van der Waals surface area contributed by atoms with Gasteiger partial charge >= 0.3 is 11.9 Å². The SMILES string of the molecule is Cn1nnn(-c2cccc(C(F)(F)F)c2/C=C/c2ccc(N)cc2Br)c1=O. The highest BCUT2D eigenvalue weighted by Crippen LogP contribution is 2.35. The van der Waals surface area contributed by atoms with Gasteiger partial charge in [-0.2, -0.15) is 22.5 Å². The van der Waals surface area contributed by atoms with Gasteiger partial charge in [0.05, 0.1) is 11.3 Å². The number of aryl methyl sites for hydroxylation is 1. The third-order valence-corrected chi connectivity index (χ3v) is 4.48. The highest BCUT2D eigenvalue weighted by Gasteiger charge is 2.34. The van der Waals surface area contributed by atoms with Gasteiger partial charge in [0, 0.05) is 22.8 Å². The van der Waals surface area contributed by atoms with Crippen LogP contribution in [0.25, 0.3) is 17.8 Å². The van der Waals surface area contributed by atoms with Crippen LogP contribution in [0.5, 0.6) is 0 Å². The van der Waals surface area contributed by atoms with Crippen molar-refractivity contribution in [3.05, 3.63) is 68.0 Å². The minimum atomic E-state index is -4.61. The molecule has 1 heterocycles. The van der Waals surface area contributed by atoms with Gasteiger partial charge in [0.1, 0.15) is 0 Å². The van der Waals surface area contributed by atoms with Gasteiger partial charge in [0.15, 0.2) is 0 Å². The molecule has 3 aromatic rings. The molecule has 0 saturated carbocycles. The van der Waals surface area contributed by atoms with E-state index in [9.17, 15) is 18.0 Å². The minimum Gasteiger partial charge on any atom is -0.399 e. The molecule has 0 bridgehead atoms. The Kier molecular flexibility index (Phi) is 4.92. The number of hydrogen-bond donors (Lipinski definition) is 1. The summed E-state index contributed by atoms with van der Waals surface area (Å²) < 4.78 is 42.9. The summed E-state index contributed by atoms with van der Waals surface area (Å²) in [6.07, 6.45) is -1.82. The molecule has 0 saturated heterocycles. The van der Waals surface area contributed by atoms with E-state index in [1.807, 2.05) is 0 Å². The summed E-state index contributed by atoms with van der Waals surface area (Å²) in [5.41, 5.74) is 5.05. The molecule has 0 amide bonds. The number of rotatable bonds is 3. The van der Waals surface area contributed by atoms with E-state index in [1.54, 1.807) is 18.2 Å². The standard InChI is InChI=1S/C17H13BrF3N5O/c1-25-16(27)26(24-23-25)15-4-2-3-13(17(19,20)21)12(15)8-6-10-5-7-11(22)9-14(10)18/h2-9H,22H2,1H3/b8-6+. The normalized spacial score (nSPS) is 12.0. The zero-order chi connectivity index (χ0) is 19.8. The molecule has 140 valence electrons. The van der Waals surface area contributed by atoms with Crippen LogP contribution in [-0.4, -0.2) is 19.8 Å². The number of alkyl halides is 3. The van der Waals surface area contributed by atoms with Crippen LogP contribution in [0.2, 0.25) is 0 Å². The molecule has 0 fully saturated rings. The highest BCUT2D eigenvalue weighted by molar-refractivity contribution is 9.10. The Morgan fingerprint density at radius 2 is 1.89 bits per heavy atom. The number of halogens is 4. The fourth-order valence-corrected chi connectivity index (χ4v) is 3.01. The smallest absolute Gasteiger partial charge is 0.399 e. The molecule has 3 rings (SSSR count). The first kappa shape index (κ1) is 18.9. The van der Waals surface area contributed by atoms with Crippen molar-refractivity contribution in [3.8, 4) is 5.69 Å². The Balaban J connectivity index is 2.21. The first-order valence-corrected chi connectivity index (χ1v) is 8.40. The molecular formula is C17H13BrF3N5O. The molecule has 0 aliphatic rings. The molecule has 0 aliphatic heterocycles. The zero-order valence-corrected chi connectivity index (χ0v) is 15.5. The second-order valence-electron chi connectivity index (χ2n) is 5.65. The van der Waals surface area contributed by atoms with Gasteiger partial charge in [-0.25, -0.2) is 4.79 Å². The lowest BCUT2D eigenvalue weighted by Gasteiger charge is -2.13. The van der Waals surface area contributed by atoms with Crippen LogP contribution in [0.3, 0.4) is 0 Å². The fraction of sp³-hybridized carbons (Fsp3) is 0.118. The number of tetrazole rings is 1. The molecule has 10 heteroatoms. The molecule has 0 radical (unpaired) electrons. The van der Waals surface area contributed by atoms with Crippen LogP contribution in [0.4, 0.5) is 18.9 Å². The van der Waals surface area contributed by atoms with Crippen molar-refractivity contribution < 1.29 is 13.2 Å². The lowest BCUT2D eigenvalue weighted by molar-refractivity contribution is -0.137. The number of anilines is 1. The van der Waals surface area contributed by atoms with E-state index in [1.165, 1.54) is 31.3 Å². The molecule has 0 atom stereocenters. The largest absolute Gasteiger partial charge is 0.417 e. The highest BCUT2D eigenvalue weighted by atomic mass is 79.9. The fourth-order valence-electron chi connectivity index (χ4n) is 2.48. The van der Waals surface area contributed by atoms with Crippen molar-refractivity contribution in [1.82, 2.24) is 19.8 Å². The summed E-state index contributed by atoms with van der Waals surface area (Å²) in [4.78, 5) is 12.1. The van der Waals surface area contributed by atoms with Crippen molar-refractivity contribution in [2.75, 3.05) is 5.73 Å². The Morgan fingerprint density at radius 1 is 1.15 bits per heavy atom. The molecule has 2 aromatic carbocycles. The van der Waals surface area contributed by atoms with Gasteiger partial charge in [-0.05, 0) is 40.3 Å². The number of aromatic nitrogens is 4. The molecule has 0 unspecified atom stereocenters. The Morgan fingerprint density at radius 3 is 2.48 bits per heavy atom. The zero-order valence-electron chi connectivity index (χ0n) is 13.9. The first-order chi connectivity index (χ1) is 12.7. The molecule has 6 nitrogen and oxygen atoms in total. The van der Waals surface area contributed by atoms with Crippen LogP contribution < -0.4 is 11.4 Å². The summed E-state index contributed by atoms with van der Waals surface area (Å²) in [6, 6.07) is 8.49. The van der Waals surface area contributed by atoms with E-state index < -0.39 is 17.4 Å². The van der Waals surface area contributed by atoms with E-state index >= 15 is 0 Å². The molecule has 0 spiro atoms. The maximum Gasteiger partial charge on any atom is 0.417 e. The third-order valence-electron chi connectivity index (χ3n) is 3.79. The Hall–Kier alpha value is -2.88. The van der Waals surface area contributed by atoms with Gasteiger partial charge in [-0.3, -0.25) is 0 Å². The quantitative estimate of drug-likeness (QED) is 0.500. The van der Waals surface area contributed by atoms with Crippen molar-refractivity contribution in [3.63, 3.8) is 0 Å². The summed E-state index contributed by atoms with van der Waals surface area (Å²) in [6.45, 7) is 0. The average molecular weight is 440 g/mol. The summed E-state index contributed by atoms with van der Waals surface area (Å²) in [7, 11) is 1.36. The molecular weight excluding hydrogens is 427 g/mol. The van der Waals surface area contributed by atoms with Crippen LogP contribution in [0.1, 0.15) is 16.7 Å². The van der Waals surface area contributed by atoms with Crippen LogP contribution in [-0.2, 0) is 13.2 Å². The van der Waals surface area contributed by atoms with Crippen molar-refractivity contribution in [2.24, 2.45) is 7.05 Å². The monoisotopic (exact) mass is 439 g/mol. The van der Waals surface area contributed by atoms with E-state index in [-0.39, 0.29) is 11.3 Å².